The molecule has 5 nitrogen and oxygen atoms in total. The SMILES string of the molecule is O=C(c1ccc(Cl)cn1)N1C[C@H]2C[C@@H](C1)[C@H](Cc1ccccc1)n1c2cccc1=O. The molecule has 152 valence electrons. The lowest BCUT2D eigenvalue weighted by Crippen LogP contribution is -2.51. The number of amides is 1. The summed E-state index contributed by atoms with van der Waals surface area (Å²) >= 11 is 5.93. The molecule has 2 aliphatic rings. The largest absolute Gasteiger partial charge is 0.336 e. The zero-order valence-corrected chi connectivity index (χ0v) is 17.2. The van der Waals surface area contributed by atoms with Gasteiger partial charge in [-0.25, -0.2) is 4.98 Å². The van der Waals surface area contributed by atoms with Crippen molar-refractivity contribution in [1.29, 1.82) is 0 Å². The summed E-state index contributed by atoms with van der Waals surface area (Å²) in [5.41, 5.74) is 2.68. The summed E-state index contributed by atoms with van der Waals surface area (Å²) in [6, 6.07) is 19.2. The monoisotopic (exact) mass is 419 g/mol. The molecule has 4 heterocycles. The highest BCUT2D eigenvalue weighted by atomic mass is 35.5. The van der Waals surface area contributed by atoms with Gasteiger partial charge in [0.2, 0.25) is 0 Å². The number of nitrogens with zero attached hydrogens (tertiary/aromatic N) is 3. The van der Waals surface area contributed by atoms with Crippen LogP contribution in [0, 0.1) is 5.92 Å². The third-order valence-corrected chi connectivity index (χ3v) is 6.54. The number of carbonyl (C=O) groups is 1. The van der Waals surface area contributed by atoms with Gasteiger partial charge in [-0.15, -0.1) is 0 Å². The van der Waals surface area contributed by atoms with Gasteiger partial charge in [0.05, 0.1) is 5.02 Å². The van der Waals surface area contributed by atoms with Gasteiger partial charge in [-0.3, -0.25) is 9.59 Å². The second-order valence-corrected chi connectivity index (χ2v) is 8.62. The van der Waals surface area contributed by atoms with Crippen molar-refractivity contribution < 1.29 is 4.79 Å². The van der Waals surface area contributed by atoms with E-state index < -0.39 is 0 Å². The van der Waals surface area contributed by atoms with Crippen molar-refractivity contribution in [3.63, 3.8) is 0 Å². The smallest absolute Gasteiger partial charge is 0.272 e. The summed E-state index contributed by atoms with van der Waals surface area (Å²) in [7, 11) is 0. The average Bonchev–Trinajstić information content (AvgIpc) is 2.77. The Bertz CT molecular complexity index is 1130. The van der Waals surface area contributed by atoms with E-state index in [1.165, 1.54) is 11.8 Å². The zero-order valence-electron chi connectivity index (χ0n) is 16.4. The van der Waals surface area contributed by atoms with Gasteiger partial charge in [-0.2, -0.15) is 0 Å². The topological polar surface area (TPSA) is 55.2 Å². The van der Waals surface area contributed by atoms with Crippen molar-refractivity contribution in [2.24, 2.45) is 5.92 Å². The third-order valence-electron chi connectivity index (χ3n) is 6.32. The first kappa shape index (κ1) is 19.1. The molecular formula is C24H22ClN3O2. The summed E-state index contributed by atoms with van der Waals surface area (Å²) in [5, 5.41) is 0.512. The molecule has 0 saturated carbocycles. The van der Waals surface area contributed by atoms with Crippen molar-refractivity contribution in [1.82, 2.24) is 14.5 Å². The fraction of sp³-hybridized carbons (Fsp3) is 0.292. The Morgan fingerprint density at radius 1 is 1.03 bits per heavy atom. The highest BCUT2D eigenvalue weighted by Gasteiger charge is 2.42. The molecule has 0 N–H and O–H groups in total. The molecule has 3 atom stereocenters. The number of carbonyl (C=O) groups excluding carboxylic acids is 1. The van der Waals surface area contributed by atoms with E-state index >= 15 is 0 Å². The summed E-state index contributed by atoms with van der Waals surface area (Å²) in [6.45, 7) is 1.22. The highest BCUT2D eigenvalue weighted by molar-refractivity contribution is 6.30. The number of benzene rings is 1. The van der Waals surface area contributed by atoms with E-state index in [0.29, 0.717) is 23.8 Å². The minimum atomic E-state index is -0.0773. The van der Waals surface area contributed by atoms with E-state index in [9.17, 15) is 9.59 Å². The molecule has 3 aromatic rings. The number of hydrogen-bond acceptors (Lipinski definition) is 3. The van der Waals surface area contributed by atoms with E-state index in [1.54, 1.807) is 18.2 Å². The fourth-order valence-electron chi connectivity index (χ4n) is 4.99. The summed E-state index contributed by atoms with van der Waals surface area (Å²) in [4.78, 5) is 32.1. The third kappa shape index (κ3) is 3.43. The van der Waals surface area contributed by atoms with Crippen LogP contribution < -0.4 is 5.56 Å². The van der Waals surface area contributed by atoms with E-state index in [1.807, 2.05) is 39.8 Å². The number of aromatic nitrogens is 2. The molecule has 0 radical (unpaired) electrons. The molecule has 30 heavy (non-hydrogen) atoms. The average molecular weight is 420 g/mol. The maximum atomic E-state index is 13.1. The molecule has 2 aromatic heterocycles. The predicted octanol–water partition coefficient (Wildman–Crippen LogP) is 3.94. The van der Waals surface area contributed by atoms with Crippen LogP contribution in [-0.2, 0) is 6.42 Å². The number of hydrogen-bond donors (Lipinski definition) is 0. The lowest BCUT2D eigenvalue weighted by atomic mass is 9.76. The first-order chi connectivity index (χ1) is 14.6. The molecule has 6 heteroatoms. The van der Waals surface area contributed by atoms with E-state index in [0.717, 1.165) is 18.5 Å². The lowest BCUT2D eigenvalue weighted by molar-refractivity contribution is 0.0523. The Hall–Kier alpha value is -2.92. The van der Waals surface area contributed by atoms with Crippen LogP contribution in [0.4, 0.5) is 0 Å². The Labute approximate surface area is 179 Å². The fourth-order valence-corrected chi connectivity index (χ4v) is 5.10. The minimum Gasteiger partial charge on any atom is -0.336 e. The quantitative estimate of drug-likeness (QED) is 0.646. The van der Waals surface area contributed by atoms with Gasteiger partial charge in [-0.1, -0.05) is 48.0 Å². The summed E-state index contributed by atoms with van der Waals surface area (Å²) in [6.07, 6.45) is 3.27. The molecule has 1 aromatic carbocycles. The number of likely N-dealkylation sites (tertiary alicyclic amines) is 1. The second-order valence-electron chi connectivity index (χ2n) is 8.18. The van der Waals surface area contributed by atoms with Crippen molar-refractivity contribution in [2.75, 3.05) is 13.1 Å². The van der Waals surface area contributed by atoms with Gasteiger partial charge in [0.15, 0.2) is 0 Å². The highest BCUT2D eigenvalue weighted by Crippen LogP contribution is 2.42. The van der Waals surface area contributed by atoms with Crippen LogP contribution in [0.3, 0.4) is 0 Å². The first-order valence-corrected chi connectivity index (χ1v) is 10.6. The normalized spacial score (nSPS) is 22.4. The van der Waals surface area contributed by atoms with E-state index in [2.05, 4.69) is 17.1 Å². The molecule has 1 saturated heterocycles. The minimum absolute atomic E-state index is 0.0288. The molecule has 0 spiro atoms. The van der Waals surface area contributed by atoms with Gasteiger partial charge in [0.1, 0.15) is 5.69 Å². The molecule has 1 amide bonds. The molecule has 2 bridgehead atoms. The van der Waals surface area contributed by atoms with Gasteiger partial charge in [0, 0.05) is 43.0 Å². The Morgan fingerprint density at radius 2 is 1.87 bits per heavy atom. The number of pyridine rings is 2. The molecule has 2 aliphatic heterocycles. The maximum absolute atomic E-state index is 13.1. The van der Waals surface area contributed by atoms with Crippen molar-refractivity contribution in [3.8, 4) is 0 Å². The van der Waals surface area contributed by atoms with Gasteiger partial charge < -0.3 is 9.47 Å². The standard InChI is InChI=1S/C24H22ClN3O2/c25-19-9-10-20(26-13-19)24(30)27-14-17-12-18(15-27)22(11-16-5-2-1-3-6-16)28-21(17)7-4-8-23(28)29/h1-10,13,17-18,22H,11-12,14-15H2/t17-,18+,22+/m1/s1. The number of piperidine rings is 1. The van der Waals surface area contributed by atoms with Crippen LogP contribution in [0.25, 0.3) is 0 Å². The molecular weight excluding hydrogens is 398 g/mol. The predicted molar refractivity (Wildman–Crippen MR) is 116 cm³/mol. The van der Waals surface area contributed by atoms with Crippen LogP contribution in [-0.4, -0.2) is 33.4 Å². The molecule has 0 aliphatic carbocycles. The first-order valence-electron chi connectivity index (χ1n) is 10.3. The summed E-state index contributed by atoms with van der Waals surface area (Å²) < 4.78 is 1.98. The van der Waals surface area contributed by atoms with Crippen LogP contribution in [0.2, 0.25) is 5.02 Å². The Balaban J connectivity index is 1.50. The van der Waals surface area contributed by atoms with Crippen molar-refractivity contribution in [2.45, 2.75) is 24.8 Å². The maximum Gasteiger partial charge on any atom is 0.272 e. The van der Waals surface area contributed by atoms with Crippen LogP contribution in [0.15, 0.2) is 71.7 Å². The Morgan fingerprint density at radius 3 is 2.63 bits per heavy atom. The number of rotatable bonds is 3. The zero-order chi connectivity index (χ0) is 20.7. The molecule has 0 unspecified atom stereocenters. The Kier molecular flexibility index (Phi) is 4.91. The van der Waals surface area contributed by atoms with Crippen LogP contribution >= 0.6 is 11.6 Å². The van der Waals surface area contributed by atoms with E-state index in [4.69, 9.17) is 11.6 Å². The lowest BCUT2D eigenvalue weighted by Gasteiger charge is -2.47. The van der Waals surface area contributed by atoms with Crippen molar-refractivity contribution in [3.05, 3.63) is 99.2 Å². The van der Waals surface area contributed by atoms with Gasteiger partial charge >= 0.3 is 0 Å². The van der Waals surface area contributed by atoms with Crippen molar-refractivity contribution >= 4 is 17.5 Å². The number of fused-ring (bicyclic) bond motifs is 4. The summed E-state index contributed by atoms with van der Waals surface area (Å²) in [5.74, 6) is 0.292. The van der Waals surface area contributed by atoms with E-state index in [-0.39, 0.29) is 29.3 Å². The van der Waals surface area contributed by atoms with Gasteiger partial charge in [0.25, 0.3) is 11.5 Å². The molecule has 1 fully saturated rings. The van der Waals surface area contributed by atoms with Crippen LogP contribution in [0.5, 0.6) is 0 Å². The number of halogens is 1. The van der Waals surface area contributed by atoms with Crippen LogP contribution in [0.1, 0.15) is 40.1 Å². The second kappa shape index (κ2) is 7.73. The van der Waals surface area contributed by atoms with Gasteiger partial charge in [-0.05, 0) is 42.5 Å². The molecule has 5 rings (SSSR count).